The highest BCUT2D eigenvalue weighted by Crippen LogP contribution is 2.32. The molecule has 0 aliphatic heterocycles. The topological polar surface area (TPSA) is 48.7 Å². The molecular formula is C30H33F3O4. The van der Waals surface area contributed by atoms with Crippen molar-refractivity contribution in [3.8, 4) is 17.1 Å². The highest BCUT2D eigenvalue weighted by atomic mass is 19.4. The Morgan fingerprint density at radius 1 is 0.973 bits per heavy atom. The summed E-state index contributed by atoms with van der Waals surface area (Å²) in [5, 5.41) is 0. The summed E-state index contributed by atoms with van der Waals surface area (Å²) in [6.07, 6.45) is 4.09. The molecule has 2 aromatic carbocycles. The van der Waals surface area contributed by atoms with Crippen LogP contribution in [0.5, 0.6) is 5.75 Å². The van der Waals surface area contributed by atoms with Crippen molar-refractivity contribution in [2.24, 2.45) is 5.92 Å². The number of furan rings is 1. The lowest BCUT2D eigenvalue weighted by Gasteiger charge is -2.13. The van der Waals surface area contributed by atoms with Gasteiger partial charge in [-0.05, 0) is 92.5 Å². The van der Waals surface area contributed by atoms with Crippen LogP contribution in [0.25, 0.3) is 11.3 Å². The van der Waals surface area contributed by atoms with Gasteiger partial charge >= 0.3 is 12.1 Å². The molecule has 7 heteroatoms. The zero-order chi connectivity index (χ0) is 26.3. The van der Waals surface area contributed by atoms with Gasteiger partial charge in [0.2, 0.25) is 0 Å². The molecule has 0 bridgehead atoms. The molecule has 37 heavy (non-hydrogen) atoms. The van der Waals surface area contributed by atoms with Gasteiger partial charge in [0, 0.05) is 12.0 Å². The molecule has 1 aliphatic rings. The lowest BCUT2D eigenvalue weighted by molar-refractivity contribution is -0.145. The SMILES string of the molecule is CCOC(=O)COc1ccc2c(c1)CCC(CCCCc1ccc(-c3ccc(C(F)(F)F)cc3)o1)CC2. The number of rotatable bonds is 10. The molecular weight excluding hydrogens is 481 g/mol. The van der Waals surface area contributed by atoms with Gasteiger partial charge in [0.15, 0.2) is 6.61 Å². The van der Waals surface area contributed by atoms with E-state index in [0.717, 1.165) is 69.3 Å². The van der Waals surface area contributed by atoms with E-state index in [1.807, 2.05) is 18.2 Å². The summed E-state index contributed by atoms with van der Waals surface area (Å²) in [5.41, 5.74) is 2.65. The van der Waals surface area contributed by atoms with Crippen LogP contribution < -0.4 is 4.74 Å². The van der Waals surface area contributed by atoms with E-state index in [9.17, 15) is 18.0 Å². The number of esters is 1. The maximum Gasteiger partial charge on any atom is 0.416 e. The van der Waals surface area contributed by atoms with Crippen LogP contribution in [0.4, 0.5) is 13.2 Å². The van der Waals surface area contributed by atoms with Crippen molar-refractivity contribution in [2.45, 2.75) is 64.5 Å². The molecule has 1 unspecified atom stereocenters. The number of aryl methyl sites for hydroxylation is 3. The molecule has 0 fully saturated rings. The zero-order valence-electron chi connectivity index (χ0n) is 21.1. The third-order valence-electron chi connectivity index (χ3n) is 6.93. The molecule has 0 N–H and O–H groups in total. The summed E-state index contributed by atoms with van der Waals surface area (Å²) < 4.78 is 54.7. The largest absolute Gasteiger partial charge is 0.482 e. The standard InChI is InChI=1S/C30H33F3O4/c1-2-35-29(34)20-36-27-16-13-22-9-7-21(8-10-24(22)19-27)5-3-4-6-26-17-18-28(37-26)23-11-14-25(15-12-23)30(31,32)33/h11-19,21H,2-10,20H2,1H3. The molecule has 0 amide bonds. The van der Waals surface area contributed by atoms with E-state index < -0.39 is 11.7 Å². The molecule has 0 saturated heterocycles. The Morgan fingerprint density at radius 2 is 1.73 bits per heavy atom. The normalized spacial score (nSPS) is 15.6. The van der Waals surface area contributed by atoms with Gasteiger partial charge in [0.05, 0.1) is 12.2 Å². The number of halogens is 3. The van der Waals surface area contributed by atoms with Crippen molar-refractivity contribution in [2.75, 3.05) is 13.2 Å². The lowest BCUT2D eigenvalue weighted by atomic mass is 9.93. The van der Waals surface area contributed by atoms with E-state index >= 15 is 0 Å². The Balaban J connectivity index is 1.20. The van der Waals surface area contributed by atoms with E-state index in [-0.39, 0.29) is 12.6 Å². The van der Waals surface area contributed by atoms with Gasteiger partial charge < -0.3 is 13.9 Å². The first kappa shape index (κ1) is 26.8. The maximum absolute atomic E-state index is 12.8. The highest BCUT2D eigenvalue weighted by Gasteiger charge is 2.30. The molecule has 0 radical (unpaired) electrons. The summed E-state index contributed by atoms with van der Waals surface area (Å²) in [4.78, 5) is 11.5. The second-order valence-corrected chi connectivity index (χ2v) is 9.55. The first-order chi connectivity index (χ1) is 17.8. The van der Waals surface area contributed by atoms with Crippen LogP contribution in [0.3, 0.4) is 0 Å². The highest BCUT2D eigenvalue weighted by molar-refractivity contribution is 5.71. The van der Waals surface area contributed by atoms with E-state index in [1.165, 1.54) is 23.3 Å². The number of fused-ring (bicyclic) bond motifs is 1. The summed E-state index contributed by atoms with van der Waals surface area (Å²) in [6.45, 7) is 2.05. The molecule has 4 nitrogen and oxygen atoms in total. The second kappa shape index (κ2) is 12.3. The van der Waals surface area contributed by atoms with Gasteiger partial charge in [0.25, 0.3) is 0 Å². The fourth-order valence-corrected chi connectivity index (χ4v) is 4.89. The molecule has 198 valence electrons. The molecule has 1 aromatic heterocycles. The molecule has 3 aromatic rings. The van der Waals surface area contributed by atoms with Gasteiger partial charge in [-0.1, -0.05) is 31.0 Å². The van der Waals surface area contributed by atoms with Gasteiger partial charge in [-0.25, -0.2) is 4.79 Å². The second-order valence-electron chi connectivity index (χ2n) is 9.55. The average molecular weight is 515 g/mol. The number of carbonyl (C=O) groups excluding carboxylic acids is 1. The molecule has 1 heterocycles. The quantitative estimate of drug-likeness (QED) is 0.157. The Hall–Kier alpha value is -3.22. The van der Waals surface area contributed by atoms with Crippen molar-refractivity contribution >= 4 is 5.97 Å². The lowest BCUT2D eigenvalue weighted by Crippen LogP contribution is -2.14. The first-order valence-corrected chi connectivity index (χ1v) is 13.0. The predicted octanol–water partition coefficient (Wildman–Crippen LogP) is 7.82. The Morgan fingerprint density at radius 3 is 2.46 bits per heavy atom. The fourth-order valence-electron chi connectivity index (χ4n) is 4.89. The minimum Gasteiger partial charge on any atom is -0.482 e. The van der Waals surface area contributed by atoms with Crippen LogP contribution >= 0.6 is 0 Å². The smallest absolute Gasteiger partial charge is 0.416 e. The van der Waals surface area contributed by atoms with Crippen molar-refractivity contribution < 1.29 is 31.9 Å². The predicted molar refractivity (Wildman–Crippen MR) is 135 cm³/mol. The van der Waals surface area contributed by atoms with Crippen molar-refractivity contribution in [3.63, 3.8) is 0 Å². The number of carbonyl (C=O) groups is 1. The minimum atomic E-state index is -4.34. The molecule has 0 saturated carbocycles. The van der Waals surface area contributed by atoms with Crippen molar-refractivity contribution in [3.05, 3.63) is 77.0 Å². The number of hydrogen-bond acceptors (Lipinski definition) is 4. The van der Waals surface area contributed by atoms with Crippen molar-refractivity contribution in [1.82, 2.24) is 0 Å². The number of ether oxygens (including phenoxy) is 2. The summed E-state index contributed by atoms with van der Waals surface area (Å²) >= 11 is 0. The molecule has 1 atom stereocenters. The van der Waals surface area contributed by atoms with Crippen LogP contribution in [0.15, 0.2) is 59.0 Å². The molecule has 1 aliphatic carbocycles. The van der Waals surface area contributed by atoms with E-state index in [0.29, 0.717) is 29.6 Å². The Labute approximate surface area is 215 Å². The minimum absolute atomic E-state index is 0.0727. The maximum atomic E-state index is 12.8. The number of unbranched alkanes of at least 4 members (excludes halogenated alkanes) is 1. The summed E-state index contributed by atoms with van der Waals surface area (Å²) in [5.74, 6) is 2.47. The monoisotopic (exact) mass is 514 g/mol. The third kappa shape index (κ3) is 7.63. The number of alkyl halides is 3. The van der Waals surface area contributed by atoms with E-state index in [1.54, 1.807) is 6.92 Å². The zero-order valence-corrected chi connectivity index (χ0v) is 21.1. The van der Waals surface area contributed by atoms with Gasteiger partial charge in [0.1, 0.15) is 17.3 Å². The number of benzene rings is 2. The molecule has 4 rings (SSSR count). The fraction of sp³-hybridized carbons (Fsp3) is 0.433. The summed E-state index contributed by atoms with van der Waals surface area (Å²) in [6, 6.07) is 14.9. The van der Waals surface area contributed by atoms with Crippen LogP contribution in [0.2, 0.25) is 0 Å². The Kier molecular flexibility index (Phi) is 8.95. The van der Waals surface area contributed by atoms with Crippen LogP contribution in [-0.4, -0.2) is 19.2 Å². The first-order valence-electron chi connectivity index (χ1n) is 13.0. The Bertz CT molecular complexity index is 1160. The third-order valence-corrected chi connectivity index (χ3v) is 6.93. The average Bonchev–Trinajstić information content (AvgIpc) is 3.26. The molecule has 0 spiro atoms. The van der Waals surface area contributed by atoms with Crippen LogP contribution in [0.1, 0.15) is 61.5 Å². The summed E-state index contributed by atoms with van der Waals surface area (Å²) in [7, 11) is 0. The van der Waals surface area contributed by atoms with Crippen LogP contribution in [0, 0.1) is 5.92 Å². The van der Waals surface area contributed by atoms with Gasteiger partial charge in [-0.3, -0.25) is 0 Å². The van der Waals surface area contributed by atoms with Crippen LogP contribution in [-0.2, 0) is 35.0 Å². The van der Waals surface area contributed by atoms with E-state index in [2.05, 4.69) is 12.1 Å². The van der Waals surface area contributed by atoms with Crippen molar-refractivity contribution in [1.29, 1.82) is 0 Å². The van der Waals surface area contributed by atoms with Gasteiger partial charge in [-0.2, -0.15) is 13.2 Å². The van der Waals surface area contributed by atoms with E-state index in [4.69, 9.17) is 13.9 Å². The number of hydrogen-bond donors (Lipinski definition) is 0. The van der Waals surface area contributed by atoms with Gasteiger partial charge in [-0.15, -0.1) is 0 Å².